The summed E-state index contributed by atoms with van der Waals surface area (Å²) in [5, 5.41) is 8.71. The van der Waals surface area contributed by atoms with Crippen molar-refractivity contribution in [2.45, 2.75) is 32.9 Å². The summed E-state index contributed by atoms with van der Waals surface area (Å²) >= 11 is 0. The summed E-state index contributed by atoms with van der Waals surface area (Å²) in [6.07, 6.45) is 1.02. The van der Waals surface area contributed by atoms with Crippen molar-refractivity contribution in [1.29, 1.82) is 0 Å². The van der Waals surface area contributed by atoms with E-state index in [0.717, 1.165) is 12.0 Å². The molecular weight excluding hydrogens is 221 g/mol. The highest BCUT2D eigenvalue weighted by molar-refractivity contribution is 5.87. The van der Waals surface area contributed by atoms with Crippen LogP contribution in [0.5, 0.6) is 0 Å². The van der Waals surface area contributed by atoms with Crippen LogP contribution in [0.1, 0.15) is 36.2 Å². The van der Waals surface area contributed by atoms with Crippen LogP contribution in [0.3, 0.4) is 0 Å². The number of hydrogen-bond donors (Lipinski definition) is 1. The lowest BCUT2D eigenvalue weighted by atomic mass is 10.1. The summed E-state index contributed by atoms with van der Waals surface area (Å²) in [6, 6.07) is 4.68. The van der Waals surface area contributed by atoms with Crippen LogP contribution in [0.4, 0.5) is 4.39 Å². The topological polar surface area (TPSA) is 40.5 Å². The molecule has 1 N–H and O–H groups in total. The molecule has 0 aliphatic carbocycles. The normalized spacial score (nSPS) is 12.8. The highest BCUT2D eigenvalue weighted by atomic mass is 19.1. The van der Waals surface area contributed by atoms with E-state index in [2.05, 4.69) is 18.7 Å². The van der Waals surface area contributed by atoms with Crippen molar-refractivity contribution >= 4 is 5.97 Å². The van der Waals surface area contributed by atoms with Gasteiger partial charge >= 0.3 is 5.97 Å². The first-order valence-electron chi connectivity index (χ1n) is 5.67. The summed E-state index contributed by atoms with van der Waals surface area (Å²) in [5.74, 6) is -1.91. The number of aromatic carboxylic acids is 1. The van der Waals surface area contributed by atoms with Gasteiger partial charge in [-0.3, -0.25) is 4.90 Å². The van der Waals surface area contributed by atoms with Crippen molar-refractivity contribution in [3.63, 3.8) is 0 Å². The van der Waals surface area contributed by atoms with Crippen molar-refractivity contribution in [2.24, 2.45) is 0 Å². The molecule has 0 saturated carbocycles. The van der Waals surface area contributed by atoms with Crippen molar-refractivity contribution in [1.82, 2.24) is 4.90 Å². The lowest BCUT2D eigenvalue weighted by Crippen LogP contribution is -2.27. The van der Waals surface area contributed by atoms with Crippen LogP contribution in [-0.4, -0.2) is 29.1 Å². The molecule has 3 nitrogen and oxygen atoms in total. The molecule has 0 spiro atoms. The molecule has 1 aromatic carbocycles. The van der Waals surface area contributed by atoms with Crippen LogP contribution in [0.2, 0.25) is 0 Å². The molecule has 0 fully saturated rings. The minimum Gasteiger partial charge on any atom is -0.478 e. The number of nitrogens with zero attached hydrogens (tertiary/aromatic N) is 1. The second kappa shape index (κ2) is 5.77. The van der Waals surface area contributed by atoms with Crippen molar-refractivity contribution < 1.29 is 14.3 Å². The Bertz CT molecular complexity index is 406. The quantitative estimate of drug-likeness (QED) is 0.859. The van der Waals surface area contributed by atoms with Crippen LogP contribution in [0.15, 0.2) is 18.2 Å². The second-order valence-electron chi connectivity index (χ2n) is 4.29. The maximum Gasteiger partial charge on any atom is 0.338 e. The molecule has 1 unspecified atom stereocenters. The standard InChI is InChI=1S/C13H18FNO2/c1-4-9(2)15(3)8-10-5-6-11(13(16)17)12(14)7-10/h5-7,9H,4,8H2,1-3H3,(H,16,17). The van der Waals surface area contributed by atoms with Gasteiger partial charge in [-0.15, -0.1) is 0 Å². The Morgan fingerprint density at radius 1 is 1.53 bits per heavy atom. The van der Waals surface area contributed by atoms with E-state index in [-0.39, 0.29) is 5.56 Å². The van der Waals surface area contributed by atoms with Crippen molar-refractivity contribution in [3.8, 4) is 0 Å². The van der Waals surface area contributed by atoms with Crippen molar-refractivity contribution in [3.05, 3.63) is 35.1 Å². The first-order valence-corrected chi connectivity index (χ1v) is 5.67. The third kappa shape index (κ3) is 3.53. The lowest BCUT2D eigenvalue weighted by molar-refractivity contribution is 0.0692. The monoisotopic (exact) mass is 239 g/mol. The number of halogens is 1. The zero-order chi connectivity index (χ0) is 13.0. The molecule has 0 aliphatic rings. The van der Waals surface area contributed by atoms with Gasteiger partial charge in [-0.25, -0.2) is 9.18 Å². The van der Waals surface area contributed by atoms with Gasteiger partial charge < -0.3 is 5.11 Å². The zero-order valence-electron chi connectivity index (χ0n) is 10.4. The van der Waals surface area contributed by atoms with E-state index in [1.165, 1.54) is 12.1 Å². The fourth-order valence-corrected chi connectivity index (χ4v) is 1.59. The fourth-order valence-electron chi connectivity index (χ4n) is 1.59. The number of rotatable bonds is 5. The molecular formula is C13H18FNO2. The second-order valence-corrected chi connectivity index (χ2v) is 4.29. The molecule has 0 saturated heterocycles. The first-order chi connectivity index (χ1) is 7.95. The molecule has 1 aromatic rings. The Kier molecular flexibility index (Phi) is 4.63. The van der Waals surface area contributed by atoms with Gasteiger partial charge in [0.15, 0.2) is 0 Å². The predicted molar refractivity (Wildman–Crippen MR) is 64.6 cm³/mol. The van der Waals surface area contributed by atoms with Gasteiger partial charge in [0.25, 0.3) is 0 Å². The smallest absolute Gasteiger partial charge is 0.338 e. The maximum atomic E-state index is 13.4. The summed E-state index contributed by atoms with van der Waals surface area (Å²) in [4.78, 5) is 12.8. The van der Waals surface area contributed by atoms with Gasteiger partial charge in [0.1, 0.15) is 5.82 Å². The van der Waals surface area contributed by atoms with Gasteiger partial charge in [-0.1, -0.05) is 13.0 Å². The van der Waals surface area contributed by atoms with E-state index >= 15 is 0 Å². The van der Waals surface area contributed by atoms with Gasteiger partial charge in [0.05, 0.1) is 5.56 Å². The Labute approximate surface area is 101 Å². The van der Waals surface area contributed by atoms with E-state index in [1.807, 2.05) is 7.05 Å². The highest BCUT2D eigenvalue weighted by Crippen LogP contribution is 2.13. The summed E-state index contributed by atoms with van der Waals surface area (Å²) in [6.45, 7) is 4.81. The SMILES string of the molecule is CCC(C)N(C)Cc1ccc(C(=O)O)c(F)c1. The Hall–Kier alpha value is -1.42. The summed E-state index contributed by atoms with van der Waals surface area (Å²) in [7, 11) is 1.97. The molecule has 17 heavy (non-hydrogen) atoms. The Balaban J connectivity index is 2.81. The maximum absolute atomic E-state index is 13.4. The molecule has 0 amide bonds. The van der Waals surface area contributed by atoms with E-state index in [4.69, 9.17) is 5.11 Å². The number of carboxylic acids is 1. The number of hydrogen-bond acceptors (Lipinski definition) is 2. The minimum atomic E-state index is -1.23. The average Bonchev–Trinajstić information content (AvgIpc) is 2.27. The van der Waals surface area contributed by atoms with Crippen LogP contribution in [0.25, 0.3) is 0 Å². The van der Waals surface area contributed by atoms with Gasteiger partial charge in [-0.2, -0.15) is 0 Å². The van der Waals surface area contributed by atoms with Crippen LogP contribution in [-0.2, 0) is 6.54 Å². The van der Waals surface area contributed by atoms with E-state index in [1.54, 1.807) is 6.07 Å². The van der Waals surface area contributed by atoms with Crippen LogP contribution in [0, 0.1) is 5.82 Å². The third-order valence-corrected chi connectivity index (χ3v) is 3.04. The number of benzene rings is 1. The summed E-state index contributed by atoms with van der Waals surface area (Å²) in [5.41, 5.74) is 0.509. The van der Waals surface area contributed by atoms with E-state index < -0.39 is 11.8 Å². The largest absolute Gasteiger partial charge is 0.478 e. The molecule has 0 aliphatic heterocycles. The third-order valence-electron chi connectivity index (χ3n) is 3.04. The zero-order valence-corrected chi connectivity index (χ0v) is 10.4. The lowest BCUT2D eigenvalue weighted by Gasteiger charge is -2.23. The molecule has 0 radical (unpaired) electrons. The minimum absolute atomic E-state index is 0.278. The molecule has 1 rings (SSSR count). The number of carbonyl (C=O) groups is 1. The van der Waals surface area contributed by atoms with Crippen LogP contribution >= 0.6 is 0 Å². The van der Waals surface area contributed by atoms with Crippen molar-refractivity contribution in [2.75, 3.05) is 7.05 Å². The molecule has 0 bridgehead atoms. The van der Waals surface area contributed by atoms with E-state index in [9.17, 15) is 9.18 Å². The van der Waals surface area contributed by atoms with E-state index in [0.29, 0.717) is 12.6 Å². The Morgan fingerprint density at radius 3 is 2.65 bits per heavy atom. The molecule has 4 heteroatoms. The first kappa shape index (κ1) is 13.6. The average molecular weight is 239 g/mol. The van der Waals surface area contributed by atoms with Gasteiger partial charge in [-0.05, 0) is 38.1 Å². The van der Waals surface area contributed by atoms with Crippen LogP contribution < -0.4 is 0 Å². The Morgan fingerprint density at radius 2 is 2.18 bits per heavy atom. The summed E-state index contributed by atoms with van der Waals surface area (Å²) < 4.78 is 13.4. The molecule has 94 valence electrons. The fraction of sp³-hybridized carbons (Fsp3) is 0.462. The molecule has 0 aromatic heterocycles. The van der Waals surface area contributed by atoms with Gasteiger partial charge in [0, 0.05) is 12.6 Å². The molecule has 0 heterocycles. The number of carboxylic acid groups (broad SMARTS) is 1. The predicted octanol–water partition coefficient (Wildman–Crippen LogP) is 2.75. The van der Waals surface area contributed by atoms with Gasteiger partial charge in [0.2, 0.25) is 0 Å². The molecule has 1 atom stereocenters. The highest BCUT2D eigenvalue weighted by Gasteiger charge is 2.12.